The number of urea groups is 1. The molecule has 7 heteroatoms. The van der Waals surface area contributed by atoms with Gasteiger partial charge in [-0.2, -0.15) is 0 Å². The Balaban J connectivity index is 2.67. The minimum absolute atomic E-state index is 0.484. The van der Waals surface area contributed by atoms with Gasteiger partial charge in [-0.25, -0.2) is 4.79 Å². The number of carboxylic acids is 1. The number of nitrogens with zero attached hydrogens (tertiary/aromatic N) is 1. The maximum Gasteiger partial charge on any atom is 0.321 e. The predicted octanol–water partition coefficient (Wildman–Crippen LogP) is -0.230. The largest absolute Gasteiger partial charge is 0.480 e. The Morgan fingerprint density at radius 1 is 1.33 bits per heavy atom. The van der Waals surface area contributed by atoms with Gasteiger partial charge < -0.3 is 10.4 Å². The number of nitrogens with one attached hydrogen (secondary N) is 2. The number of carbonyl (C=O) groups excluding carboxylic acids is 2. The summed E-state index contributed by atoms with van der Waals surface area (Å²) in [6, 6.07) is -1.87. The van der Waals surface area contributed by atoms with Crippen molar-refractivity contribution in [3.8, 4) is 0 Å². The van der Waals surface area contributed by atoms with Gasteiger partial charge >= 0.3 is 12.0 Å². The monoisotopic (exact) mass is 257 g/mol. The lowest BCUT2D eigenvalue weighted by molar-refractivity contribution is -0.147. The number of carbonyl (C=O) groups is 3. The third-order valence-corrected chi connectivity index (χ3v) is 3.17. The second-order valence-electron chi connectivity index (χ2n) is 4.33. The van der Waals surface area contributed by atoms with E-state index in [1.165, 1.54) is 7.05 Å². The molecule has 0 aromatic carbocycles. The molecule has 0 aliphatic carbocycles. The van der Waals surface area contributed by atoms with Crippen LogP contribution in [-0.4, -0.2) is 53.6 Å². The summed E-state index contributed by atoms with van der Waals surface area (Å²) >= 11 is 0. The van der Waals surface area contributed by atoms with Gasteiger partial charge in [0.25, 0.3) is 0 Å². The van der Waals surface area contributed by atoms with Crippen LogP contribution >= 0.6 is 0 Å². The van der Waals surface area contributed by atoms with E-state index in [4.69, 9.17) is 5.11 Å². The molecule has 1 aliphatic rings. The summed E-state index contributed by atoms with van der Waals surface area (Å²) in [5, 5.41) is 13.6. The molecule has 2 atom stereocenters. The highest BCUT2D eigenvalue weighted by atomic mass is 16.4. The van der Waals surface area contributed by atoms with Crippen molar-refractivity contribution in [1.82, 2.24) is 15.5 Å². The standard InChI is InChI=1S/C11H19N3O4/c1-7(9(15)13-11(18)12-2)14-6-4-3-5-8(14)10(16)17/h7-8H,3-6H2,1-2H3,(H,16,17)(H2,12,13,15,18). The second kappa shape index (κ2) is 6.34. The van der Waals surface area contributed by atoms with E-state index in [0.717, 1.165) is 12.8 Å². The Hall–Kier alpha value is -1.63. The number of hydrogen-bond acceptors (Lipinski definition) is 4. The van der Waals surface area contributed by atoms with Gasteiger partial charge in [-0.3, -0.25) is 19.8 Å². The molecule has 7 nitrogen and oxygen atoms in total. The van der Waals surface area contributed by atoms with Crippen LogP contribution in [0, 0.1) is 0 Å². The zero-order valence-electron chi connectivity index (χ0n) is 10.6. The summed E-state index contributed by atoms with van der Waals surface area (Å²) in [6.45, 7) is 2.17. The lowest BCUT2D eigenvalue weighted by Gasteiger charge is -2.36. The fourth-order valence-electron chi connectivity index (χ4n) is 2.11. The van der Waals surface area contributed by atoms with E-state index in [0.29, 0.717) is 13.0 Å². The molecular formula is C11H19N3O4. The van der Waals surface area contributed by atoms with Gasteiger partial charge in [0.05, 0.1) is 6.04 Å². The Morgan fingerprint density at radius 3 is 2.56 bits per heavy atom. The van der Waals surface area contributed by atoms with Crippen LogP contribution in [0.15, 0.2) is 0 Å². The molecule has 102 valence electrons. The first-order valence-corrected chi connectivity index (χ1v) is 5.98. The predicted molar refractivity (Wildman–Crippen MR) is 64.0 cm³/mol. The van der Waals surface area contributed by atoms with Gasteiger partial charge in [0.1, 0.15) is 6.04 Å². The van der Waals surface area contributed by atoms with Gasteiger partial charge in [-0.1, -0.05) is 6.42 Å². The highest BCUT2D eigenvalue weighted by molar-refractivity contribution is 5.96. The molecule has 1 saturated heterocycles. The van der Waals surface area contributed by atoms with Crippen LogP contribution in [0.5, 0.6) is 0 Å². The molecule has 0 saturated carbocycles. The summed E-state index contributed by atoms with van der Waals surface area (Å²) in [4.78, 5) is 35.6. The molecule has 0 aromatic heterocycles. The quantitative estimate of drug-likeness (QED) is 0.648. The molecule has 3 N–H and O–H groups in total. The van der Waals surface area contributed by atoms with Gasteiger partial charge in [0, 0.05) is 7.05 Å². The van der Waals surface area contributed by atoms with Crippen molar-refractivity contribution >= 4 is 17.9 Å². The summed E-state index contributed by atoms with van der Waals surface area (Å²) in [5.41, 5.74) is 0. The Morgan fingerprint density at radius 2 is 2.00 bits per heavy atom. The van der Waals surface area contributed by atoms with Crippen molar-refractivity contribution in [2.45, 2.75) is 38.3 Å². The zero-order chi connectivity index (χ0) is 13.7. The van der Waals surface area contributed by atoms with Crippen molar-refractivity contribution in [2.24, 2.45) is 0 Å². The maximum atomic E-state index is 11.8. The molecule has 1 fully saturated rings. The fourth-order valence-corrected chi connectivity index (χ4v) is 2.11. The van der Waals surface area contributed by atoms with E-state index in [1.807, 2.05) is 0 Å². The van der Waals surface area contributed by atoms with Crippen LogP contribution in [0.1, 0.15) is 26.2 Å². The summed E-state index contributed by atoms with van der Waals surface area (Å²) in [6.07, 6.45) is 2.24. The first-order chi connectivity index (χ1) is 8.47. The molecular weight excluding hydrogens is 238 g/mol. The number of imide groups is 1. The first kappa shape index (κ1) is 14.4. The van der Waals surface area contributed by atoms with Gasteiger partial charge in [0.15, 0.2) is 0 Å². The smallest absolute Gasteiger partial charge is 0.321 e. The lowest BCUT2D eigenvalue weighted by Crippen LogP contribution is -2.55. The summed E-state index contributed by atoms with van der Waals surface area (Å²) in [7, 11) is 1.41. The van der Waals surface area contributed by atoms with Gasteiger partial charge in [-0.05, 0) is 26.3 Å². The molecule has 1 rings (SSSR count). The van der Waals surface area contributed by atoms with Crippen LogP contribution in [0.4, 0.5) is 4.79 Å². The molecule has 2 unspecified atom stereocenters. The van der Waals surface area contributed by atoms with Gasteiger partial charge in [-0.15, -0.1) is 0 Å². The van der Waals surface area contributed by atoms with E-state index in [9.17, 15) is 14.4 Å². The molecule has 18 heavy (non-hydrogen) atoms. The topological polar surface area (TPSA) is 98.7 Å². The van der Waals surface area contributed by atoms with Crippen molar-refractivity contribution in [1.29, 1.82) is 0 Å². The van der Waals surface area contributed by atoms with E-state index in [2.05, 4.69) is 10.6 Å². The third-order valence-electron chi connectivity index (χ3n) is 3.17. The average Bonchev–Trinajstić information content (AvgIpc) is 2.37. The van der Waals surface area contributed by atoms with E-state index in [1.54, 1.807) is 11.8 Å². The third kappa shape index (κ3) is 3.43. The van der Waals surface area contributed by atoms with Crippen molar-refractivity contribution in [2.75, 3.05) is 13.6 Å². The molecule has 1 heterocycles. The van der Waals surface area contributed by atoms with Crippen molar-refractivity contribution < 1.29 is 19.5 Å². The first-order valence-electron chi connectivity index (χ1n) is 5.98. The molecule has 0 aromatic rings. The minimum atomic E-state index is -0.922. The van der Waals surface area contributed by atoms with E-state index in [-0.39, 0.29) is 0 Å². The van der Waals surface area contributed by atoms with Crippen LogP contribution in [0.25, 0.3) is 0 Å². The SMILES string of the molecule is CNC(=O)NC(=O)C(C)N1CCCCC1C(=O)O. The van der Waals surface area contributed by atoms with Crippen molar-refractivity contribution in [3.05, 3.63) is 0 Å². The van der Waals surface area contributed by atoms with Crippen LogP contribution in [0.2, 0.25) is 0 Å². The number of piperidine rings is 1. The summed E-state index contributed by atoms with van der Waals surface area (Å²) in [5.74, 6) is -1.41. The number of rotatable bonds is 3. The van der Waals surface area contributed by atoms with Crippen LogP contribution in [-0.2, 0) is 9.59 Å². The summed E-state index contributed by atoms with van der Waals surface area (Å²) < 4.78 is 0. The normalized spacial score (nSPS) is 22.0. The molecule has 0 radical (unpaired) electrons. The number of amides is 3. The average molecular weight is 257 g/mol. The highest BCUT2D eigenvalue weighted by Crippen LogP contribution is 2.19. The maximum absolute atomic E-state index is 11.8. The fraction of sp³-hybridized carbons (Fsp3) is 0.727. The minimum Gasteiger partial charge on any atom is -0.480 e. The number of hydrogen-bond donors (Lipinski definition) is 3. The Labute approximate surface area is 106 Å². The Kier molecular flexibility index (Phi) is 5.08. The van der Waals surface area contributed by atoms with E-state index >= 15 is 0 Å². The Bertz CT molecular complexity index is 345. The number of aliphatic carboxylic acids is 1. The van der Waals surface area contributed by atoms with Crippen molar-refractivity contribution in [3.63, 3.8) is 0 Å². The molecule has 0 spiro atoms. The second-order valence-corrected chi connectivity index (χ2v) is 4.33. The van der Waals surface area contributed by atoms with Gasteiger partial charge in [0.2, 0.25) is 5.91 Å². The molecule has 1 aliphatic heterocycles. The lowest BCUT2D eigenvalue weighted by atomic mass is 10.00. The zero-order valence-corrected chi connectivity index (χ0v) is 10.6. The van der Waals surface area contributed by atoms with Crippen LogP contribution in [0.3, 0.4) is 0 Å². The van der Waals surface area contributed by atoms with E-state index < -0.39 is 30.0 Å². The molecule has 3 amide bonds. The molecule has 0 bridgehead atoms. The number of carboxylic acid groups (broad SMARTS) is 1. The number of likely N-dealkylation sites (tertiary alicyclic amines) is 1. The van der Waals surface area contributed by atoms with Crippen LogP contribution < -0.4 is 10.6 Å². The highest BCUT2D eigenvalue weighted by Gasteiger charge is 2.34.